The van der Waals surface area contributed by atoms with Crippen molar-refractivity contribution in [2.24, 2.45) is 5.92 Å². The highest BCUT2D eigenvalue weighted by molar-refractivity contribution is 5.97. The molecule has 1 aliphatic heterocycles. The summed E-state index contributed by atoms with van der Waals surface area (Å²) in [6.45, 7) is 4.53. The minimum atomic E-state index is -0.965. The van der Waals surface area contributed by atoms with Gasteiger partial charge in [0, 0.05) is 30.8 Å². The molecular weight excluding hydrogens is 396 g/mol. The number of benzene rings is 1. The Morgan fingerprint density at radius 1 is 1.19 bits per heavy atom. The number of fused-ring (bicyclic) bond motifs is 1. The van der Waals surface area contributed by atoms with Gasteiger partial charge in [-0.1, -0.05) is 24.3 Å². The Labute approximate surface area is 180 Å². The molecule has 0 unspecified atom stereocenters. The fourth-order valence-electron chi connectivity index (χ4n) is 3.98. The summed E-state index contributed by atoms with van der Waals surface area (Å²) in [4.78, 5) is 30.9. The standard InChI is InChI=1S/C23H26N4O4/c1-23(2,31)17-7-5-15(6-8-17)19(28)12-18-13-21(27-20(25-18)9-10-24-27)26-11-3-4-16(14-26)22(29)30/h5-10,13,16,31H,3-4,11-12,14H2,1-2H3,(H,29,30)/t16-/m1/s1. The van der Waals surface area contributed by atoms with E-state index in [2.05, 4.69) is 10.1 Å². The zero-order valence-corrected chi connectivity index (χ0v) is 17.7. The molecule has 1 aromatic carbocycles. The van der Waals surface area contributed by atoms with Crippen molar-refractivity contribution in [1.29, 1.82) is 0 Å². The van der Waals surface area contributed by atoms with Crippen molar-refractivity contribution in [3.63, 3.8) is 0 Å². The van der Waals surface area contributed by atoms with Crippen LogP contribution < -0.4 is 4.90 Å². The van der Waals surface area contributed by atoms with E-state index in [1.54, 1.807) is 54.9 Å². The van der Waals surface area contributed by atoms with Gasteiger partial charge in [0.2, 0.25) is 0 Å². The Hall–Kier alpha value is -3.26. The van der Waals surface area contributed by atoms with Crippen molar-refractivity contribution in [3.8, 4) is 0 Å². The largest absolute Gasteiger partial charge is 0.481 e. The van der Waals surface area contributed by atoms with Crippen molar-refractivity contribution in [2.75, 3.05) is 18.0 Å². The Bertz CT molecular complexity index is 1110. The second-order valence-corrected chi connectivity index (χ2v) is 8.57. The van der Waals surface area contributed by atoms with Gasteiger partial charge in [0.15, 0.2) is 11.4 Å². The number of carbonyl (C=O) groups is 2. The SMILES string of the molecule is CC(C)(O)c1ccc(C(=O)Cc2cc(N3CCC[C@@H](C(=O)O)C3)n3nccc3n2)cc1. The van der Waals surface area contributed by atoms with Crippen LogP contribution in [0.5, 0.6) is 0 Å². The molecule has 3 aromatic rings. The van der Waals surface area contributed by atoms with Gasteiger partial charge in [0.25, 0.3) is 0 Å². The molecule has 0 radical (unpaired) electrons. The van der Waals surface area contributed by atoms with E-state index in [-0.39, 0.29) is 12.2 Å². The van der Waals surface area contributed by atoms with Crippen molar-refractivity contribution in [2.45, 2.75) is 38.7 Å². The van der Waals surface area contributed by atoms with Gasteiger partial charge in [-0.3, -0.25) is 9.59 Å². The number of Topliss-reactive ketones (excluding diaryl/α,β-unsaturated/α-hetero) is 1. The lowest BCUT2D eigenvalue weighted by Crippen LogP contribution is -2.39. The van der Waals surface area contributed by atoms with Crippen molar-refractivity contribution < 1.29 is 19.8 Å². The summed E-state index contributed by atoms with van der Waals surface area (Å²) < 4.78 is 1.69. The monoisotopic (exact) mass is 422 g/mol. The first-order chi connectivity index (χ1) is 14.7. The van der Waals surface area contributed by atoms with Gasteiger partial charge in [-0.05, 0) is 32.3 Å². The predicted octanol–water partition coefficient (Wildman–Crippen LogP) is 2.68. The van der Waals surface area contributed by atoms with Gasteiger partial charge in [-0.2, -0.15) is 9.61 Å². The maximum absolute atomic E-state index is 12.9. The Balaban J connectivity index is 1.60. The first-order valence-electron chi connectivity index (χ1n) is 10.4. The lowest BCUT2D eigenvalue weighted by atomic mass is 9.96. The minimum Gasteiger partial charge on any atom is -0.481 e. The molecule has 0 bridgehead atoms. The van der Waals surface area contributed by atoms with Gasteiger partial charge in [-0.25, -0.2) is 4.98 Å². The number of ketones is 1. The molecule has 8 nitrogen and oxygen atoms in total. The number of carboxylic acid groups (broad SMARTS) is 1. The highest BCUT2D eigenvalue weighted by atomic mass is 16.4. The molecule has 162 valence electrons. The van der Waals surface area contributed by atoms with Crippen LogP contribution in [0.2, 0.25) is 0 Å². The van der Waals surface area contributed by atoms with E-state index in [0.717, 1.165) is 24.3 Å². The first kappa shape index (κ1) is 21.0. The van der Waals surface area contributed by atoms with Gasteiger partial charge >= 0.3 is 5.97 Å². The first-order valence-corrected chi connectivity index (χ1v) is 10.4. The number of aliphatic hydroxyl groups is 1. The quantitative estimate of drug-likeness (QED) is 0.588. The number of aliphatic carboxylic acids is 1. The fourth-order valence-corrected chi connectivity index (χ4v) is 3.98. The summed E-state index contributed by atoms with van der Waals surface area (Å²) in [6.07, 6.45) is 3.20. The molecule has 2 N–H and O–H groups in total. The second-order valence-electron chi connectivity index (χ2n) is 8.57. The predicted molar refractivity (Wildman–Crippen MR) is 115 cm³/mol. The number of aromatic nitrogens is 3. The van der Waals surface area contributed by atoms with Crippen LogP contribution in [-0.2, 0) is 16.8 Å². The maximum Gasteiger partial charge on any atom is 0.308 e. The number of carbonyl (C=O) groups excluding carboxylic acids is 1. The number of anilines is 1. The van der Waals surface area contributed by atoms with Gasteiger partial charge < -0.3 is 15.1 Å². The molecule has 31 heavy (non-hydrogen) atoms. The van der Waals surface area contributed by atoms with E-state index in [4.69, 9.17) is 0 Å². The van der Waals surface area contributed by atoms with E-state index in [9.17, 15) is 19.8 Å². The van der Waals surface area contributed by atoms with E-state index >= 15 is 0 Å². The molecule has 0 saturated carbocycles. The molecule has 0 spiro atoms. The normalized spacial score (nSPS) is 17.1. The van der Waals surface area contributed by atoms with Crippen molar-refractivity contribution in [1.82, 2.24) is 14.6 Å². The van der Waals surface area contributed by atoms with Crippen LogP contribution in [-0.4, -0.2) is 49.7 Å². The van der Waals surface area contributed by atoms with E-state index in [1.165, 1.54) is 0 Å². The molecule has 3 heterocycles. The summed E-state index contributed by atoms with van der Waals surface area (Å²) >= 11 is 0. The summed E-state index contributed by atoms with van der Waals surface area (Å²) in [5.41, 5.74) is 1.55. The Kier molecular flexibility index (Phi) is 5.49. The maximum atomic E-state index is 12.9. The molecule has 8 heteroatoms. The highest BCUT2D eigenvalue weighted by Crippen LogP contribution is 2.25. The third kappa shape index (κ3) is 4.44. The average Bonchev–Trinajstić information content (AvgIpc) is 3.21. The number of carboxylic acids is 1. The minimum absolute atomic E-state index is 0.0772. The summed E-state index contributed by atoms with van der Waals surface area (Å²) in [5.74, 6) is -0.542. The smallest absolute Gasteiger partial charge is 0.308 e. The highest BCUT2D eigenvalue weighted by Gasteiger charge is 2.27. The summed E-state index contributed by atoms with van der Waals surface area (Å²) in [5, 5.41) is 23.9. The van der Waals surface area contributed by atoms with Crippen LogP contribution in [0.3, 0.4) is 0 Å². The van der Waals surface area contributed by atoms with Crippen LogP contribution in [0.1, 0.15) is 48.3 Å². The van der Waals surface area contributed by atoms with Gasteiger partial charge in [0.1, 0.15) is 5.82 Å². The van der Waals surface area contributed by atoms with Crippen LogP contribution in [0, 0.1) is 5.92 Å². The molecule has 1 aliphatic rings. The van der Waals surface area contributed by atoms with Gasteiger partial charge in [0.05, 0.1) is 29.8 Å². The number of rotatable bonds is 6. The van der Waals surface area contributed by atoms with E-state index in [1.807, 2.05) is 11.0 Å². The summed E-state index contributed by atoms with van der Waals surface area (Å²) in [6, 6.07) is 10.5. The third-order valence-electron chi connectivity index (χ3n) is 5.74. The number of hydrogen-bond acceptors (Lipinski definition) is 6. The molecule has 1 saturated heterocycles. The van der Waals surface area contributed by atoms with Gasteiger partial charge in [-0.15, -0.1) is 0 Å². The van der Waals surface area contributed by atoms with Crippen molar-refractivity contribution >= 4 is 23.2 Å². The topological polar surface area (TPSA) is 108 Å². The van der Waals surface area contributed by atoms with Crippen LogP contribution in [0.25, 0.3) is 5.65 Å². The molecule has 2 aromatic heterocycles. The molecule has 4 rings (SSSR count). The lowest BCUT2D eigenvalue weighted by Gasteiger charge is -2.32. The van der Waals surface area contributed by atoms with Crippen LogP contribution in [0.4, 0.5) is 5.82 Å². The molecule has 1 fully saturated rings. The second kappa shape index (κ2) is 8.11. The molecule has 1 atom stereocenters. The fraction of sp³-hybridized carbons (Fsp3) is 0.391. The van der Waals surface area contributed by atoms with Crippen LogP contribution >= 0.6 is 0 Å². The van der Waals surface area contributed by atoms with E-state index in [0.29, 0.717) is 29.9 Å². The van der Waals surface area contributed by atoms with Crippen LogP contribution in [0.15, 0.2) is 42.6 Å². The molecule has 0 amide bonds. The number of piperidine rings is 1. The van der Waals surface area contributed by atoms with Crippen molar-refractivity contribution in [3.05, 3.63) is 59.4 Å². The van der Waals surface area contributed by atoms with E-state index < -0.39 is 17.5 Å². The zero-order valence-electron chi connectivity index (χ0n) is 17.7. The Morgan fingerprint density at radius 2 is 1.94 bits per heavy atom. The molecule has 0 aliphatic carbocycles. The average molecular weight is 422 g/mol. The number of nitrogens with zero attached hydrogens (tertiary/aromatic N) is 4. The third-order valence-corrected chi connectivity index (χ3v) is 5.74. The Morgan fingerprint density at radius 3 is 2.61 bits per heavy atom. The summed E-state index contributed by atoms with van der Waals surface area (Å²) in [7, 11) is 0. The number of hydrogen-bond donors (Lipinski definition) is 2. The zero-order chi connectivity index (χ0) is 22.2. The molecular formula is C23H26N4O4. The lowest BCUT2D eigenvalue weighted by molar-refractivity contribution is -0.141.